The minimum atomic E-state index is -1.86. The number of benzene rings is 1. The summed E-state index contributed by atoms with van der Waals surface area (Å²) >= 11 is 0. The topological polar surface area (TPSA) is 33.0 Å². The van der Waals surface area contributed by atoms with E-state index >= 15 is 0 Å². The Morgan fingerprint density at radius 3 is 2.00 bits per heavy atom. The smallest absolute Gasteiger partial charge is 0.218 e. The van der Waals surface area contributed by atoms with Crippen molar-refractivity contribution < 1.29 is 4.43 Å². The van der Waals surface area contributed by atoms with Gasteiger partial charge in [-0.3, -0.25) is 0 Å². The Labute approximate surface area is 99.0 Å². The van der Waals surface area contributed by atoms with E-state index in [1.54, 1.807) is 0 Å². The van der Waals surface area contributed by atoms with Crippen molar-refractivity contribution in [2.75, 3.05) is 0 Å². The lowest BCUT2D eigenvalue weighted by atomic mass is 10.2. The molecule has 0 aliphatic heterocycles. The van der Waals surface area contributed by atoms with Gasteiger partial charge in [-0.15, -0.1) is 0 Å². The monoisotopic (exact) mass is 233 g/mol. The third kappa shape index (κ3) is 3.48. The van der Waals surface area contributed by atoms with Gasteiger partial charge in [0.15, 0.2) is 0 Å². The van der Waals surface area contributed by atoms with E-state index in [2.05, 4.69) is 39.9 Å². The maximum absolute atomic E-state index is 8.75. The highest BCUT2D eigenvalue weighted by Crippen LogP contribution is 2.16. The molecule has 0 atom stereocenters. The van der Waals surface area contributed by atoms with Gasteiger partial charge in [0, 0.05) is 5.60 Å². The molecule has 0 fully saturated rings. The van der Waals surface area contributed by atoms with Crippen LogP contribution in [0.5, 0.6) is 0 Å². The number of rotatable bonds is 2. The molecule has 1 aromatic carbocycles. The number of nitriles is 1. The maximum Gasteiger partial charge on any atom is 0.218 e. The van der Waals surface area contributed by atoms with Gasteiger partial charge in [-0.1, -0.05) is 12.1 Å². The minimum Gasteiger partial charge on any atom is -0.408 e. The molecule has 1 rings (SSSR count). The summed E-state index contributed by atoms with van der Waals surface area (Å²) in [6.45, 7) is 10.6. The van der Waals surface area contributed by atoms with E-state index < -0.39 is 8.32 Å². The first-order chi connectivity index (χ1) is 7.24. The molecule has 0 aliphatic carbocycles. The second-order valence-electron chi connectivity index (χ2n) is 5.41. The standard InChI is InChI=1S/C13H19NOSi/c1-13(2,3)15-16(4,5)12-8-6-11(10-14)7-9-12/h6-9H,1-5H3. The first-order valence-corrected chi connectivity index (χ1v) is 8.36. The van der Waals surface area contributed by atoms with Gasteiger partial charge in [0.1, 0.15) is 0 Å². The Morgan fingerprint density at radius 1 is 1.12 bits per heavy atom. The van der Waals surface area contributed by atoms with E-state index in [9.17, 15) is 0 Å². The molecule has 0 unspecified atom stereocenters. The fraction of sp³-hybridized carbons (Fsp3) is 0.462. The van der Waals surface area contributed by atoms with Gasteiger partial charge in [-0.05, 0) is 51.2 Å². The summed E-state index contributed by atoms with van der Waals surface area (Å²) < 4.78 is 6.14. The van der Waals surface area contributed by atoms with E-state index in [1.165, 1.54) is 5.19 Å². The van der Waals surface area contributed by atoms with Crippen LogP contribution in [0, 0.1) is 11.3 Å². The van der Waals surface area contributed by atoms with Crippen molar-refractivity contribution in [3.8, 4) is 6.07 Å². The van der Waals surface area contributed by atoms with Gasteiger partial charge < -0.3 is 4.43 Å². The summed E-state index contributed by atoms with van der Waals surface area (Å²) in [6.07, 6.45) is 0. The molecule has 0 heterocycles. The lowest BCUT2D eigenvalue weighted by Gasteiger charge is -2.32. The molecule has 1 aromatic rings. The lowest BCUT2D eigenvalue weighted by Crippen LogP contribution is -2.49. The van der Waals surface area contributed by atoms with Gasteiger partial charge in [0.25, 0.3) is 0 Å². The van der Waals surface area contributed by atoms with Gasteiger partial charge in [-0.2, -0.15) is 5.26 Å². The van der Waals surface area contributed by atoms with Crippen molar-refractivity contribution >= 4 is 13.5 Å². The van der Waals surface area contributed by atoms with Crippen LogP contribution in [-0.2, 0) is 4.43 Å². The molecule has 0 amide bonds. The molecular weight excluding hydrogens is 214 g/mol. The van der Waals surface area contributed by atoms with Crippen LogP contribution in [0.25, 0.3) is 0 Å². The third-order valence-corrected chi connectivity index (χ3v) is 5.12. The van der Waals surface area contributed by atoms with E-state index in [1.807, 2.05) is 24.3 Å². The minimum absolute atomic E-state index is 0.121. The normalized spacial score (nSPS) is 12.2. The Kier molecular flexibility index (Phi) is 3.56. The molecule has 0 saturated carbocycles. The second kappa shape index (κ2) is 4.40. The highest BCUT2D eigenvalue weighted by Gasteiger charge is 2.30. The molecule has 0 N–H and O–H groups in total. The number of hydrogen-bond donors (Lipinski definition) is 0. The molecule has 2 nitrogen and oxygen atoms in total. The lowest BCUT2D eigenvalue weighted by molar-refractivity contribution is 0.125. The first kappa shape index (κ1) is 13.0. The SMILES string of the molecule is CC(C)(C)O[Si](C)(C)c1ccc(C#N)cc1. The predicted octanol–water partition coefficient (Wildman–Crippen LogP) is 2.79. The summed E-state index contributed by atoms with van der Waals surface area (Å²) in [5.41, 5.74) is 0.577. The number of nitrogens with zero attached hydrogens (tertiary/aromatic N) is 1. The molecule has 0 aromatic heterocycles. The van der Waals surface area contributed by atoms with Crippen LogP contribution in [0.15, 0.2) is 24.3 Å². The Bertz CT molecular complexity index is 395. The third-order valence-electron chi connectivity index (χ3n) is 2.27. The van der Waals surface area contributed by atoms with Gasteiger partial charge in [0.05, 0.1) is 11.6 Å². The van der Waals surface area contributed by atoms with Crippen molar-refractivity contribution in [2.45, 2.75) is 39.5 Å². The average Bonchev–Trinajstić information content (AvgIpc) is 2.14. The summed E-state index contributed by atoms with van der Waals surface area (Å²) in [5.74, 6) is 0. The fourth-order valence-corrected chi connectivity index (χ4v) is 4.39. The van der Waals surface area contributed by atoms with Crippen LogP contribution in [0.2, 0.25) is 13.1 Å². The molecule has 0 aliphatic rings. The second-order valence-corrected chi connectivity index (χ2v) is 9.22. The van der Waals surface area contributed by atoms with Crippen molar-refractivity contribution in [3.05, 3.63) is 29.8 Å². The zero-order valence-electron chi connectivity index (χ0n) is 10.7. The summed E-state index contributed by atoms with van der Waals surface area (Å²) in [5, 5.41) is 9.97. The molecule has 0 saturated heterocycles. The predicted molar refractivity (Wildman–Crippen MR) is 69.1 cm³/mol. The van der Waals surface area contributed by atoms with Crippen LogP contribution in [0.1, 0.15) is 26.3 Å². The van der Waals surface area contributed by atoms with Crippen LogP contribution in [-0.4, -0.2) is 13.9 Å². The van der Waals surface area contributed by atoms with Crippen molar-refractivity contribution in [1.29, 1.82) is 5.26 Å². The van der Waals surface area contributed by atoms with Gasteiger partial charge >= 0.3 is 0 Å². The highest BCUT2D eigenvalue weighted by atomic mass is 28.4. The maximum atomic E-state index is 8.75. The Morgan fingerprint density at radius 2 is 1.62 bits per heavy atom. The fourth-order valence-electron chi connectivity index (χ4n) is 1.77. The zero-order valence-corrected chi connectivity index (χ0v) is 11.7. The molecule has 0 radical (unpaired) electrons. The van der Waals surface area contributed by atoms with Crippen LogP contribution < -0.4 is 5.19 Å². The summed E-state index contributed by atoms with van der Waals surface area (Å²) in [7, 11) is -1.86. The van der Waals surface area contributed by atoms with E-state index in [-0.39, 0.29) is 5.60 Å². The zero-order chi connectivity index (χ0) is 12.4. The molecule has 0 bridgehead atoms. The van der Waals surface area contributed by atoms with Gasteiger partial charge in [-0.25, -0.2) is 0 Å². The molecule has 16 heavy (non-hydrogen) atoms. The van der Waals surface area contributed by atoms with E-state index in [0.717, 1.165) is 0 Å². The molecule has 3 heteroatoms. The van der Waals surface area contributed by atoms with E-state index in [0.29, 0.717) is 5.56 Å². The molecular formula is C13H19NOSi. The average molecular weight is 233 g/mol. The Balaban J connectivity index is 2.94. The molecule has 0 spiro atoms. The highest BCUT2D eigenvalue weighted by molar-refractivity contribution is 6.84. The van der Waals surface area contributed by atoms with E-state index in [4.69, 9.17) is 9.69 Å². The van der Waals surface area contributed by atoms with Crippen molar-refractivity contribution in [1.82, 2.24) is 0 Å². The summed E-state index contributed by atoms with van der Waals surface area (Å²) in [4.78, 5) is 0. The Hall–Kier alpha value is -1.11. The van der Waals surface area contributed by atoms with Crippen LogP contribution in [0.3, 0.4) is 0 Å². The quantitative estimate of drug-likeness (QED) is 0.736. The largest absolute Gasteiger partial charge is 0.408 e. The van der Waals surface area contributed by atoms with Crippen molar-refractivity contribution in [3.63, 3.8) is 0 Å². The first-order valence-electron chi connectivity index (χ1n) is 5.45. The van der Waals surface area contributed by atoms with Crippen LogP contribution >= 0.6 is 0 Å². The van der Waals surface area contributed by atoms with Crippen molar-refractivity contribution in [2.24, 2.45) is 0 Å². The molecule has 86 valence electrons. The van der Waals surface area contributed by atoms with Crippen LogP contribution in [0.4, 0.5) is 0 Å². The number of hydrogen-bond acceptors (Lipinski definition) is 2. The van der Waals surface area contributed by atoms with Gasteiger partial charge in [0.2, 0.25) is 8.32 Å². The summed E-state index contributed by atoms with van der Waals surface area (Å²) in [6, 6.07) is 9.86.